The van der Waals surface area contributed by atoms with E-state index in [4.69, 9.17) is 4.74 Å². The molecule has 15 heteroatoms. The Kier molecular flexibility index (Phi) is 11.8. The van der Waals surface area contributed by atoms with Crippen LogP contribution in [0.1, 0.15) is 78.3 Å². The van der Waals surface area contributed by atoms with Crippen LogP contribution in [0.5, 0.6) is 0 Å². The van der Waals surface area contributed by atoms with Crippen LogP contribution in [0.4, 0.5) is 4.79 Å². The van der Waals surface area contributed by atoms with Crippen molar-refractivity contribution in [3.63, 3.8) is 0 Å². The van der Waals surface area contributed by atoms with Crippen LogP contribution in [0.3, 0.4) is 0 Å². The van der Waals surface area contributed by atoms with Gasteiger partial charge in [0, 0.05) is 30.7 Å². The van der Waals surface area contributed by atoms with E-state index in [0.29, 0.717) is 36.4 Å². The number of β-lactam (4-membered cyclic amide) rings is 1. The molecule has 5 N–H and O–H groups in total. The first-order chi connectivity index (χ1) is 21.0. The Balaban J connectivity index is 1.46. The lowest BCUT2D eigenvalue weighted by Crippen LogP contribution is -2.71. The molecule has 1 unspecified atom stereocenters. The van der Waals surface area contributed by atoms with E-state index in [1.165, 1.54) is 16.7 Å². The molecule has 2 fully saturated rings. The number of hydroxylamine groups is 2. The average Bonchev–Trinajstić information content (AvgIpc) is 3.22. The highest BCUT2D eigenvalue weighted by atomic mass is 32.2. The summed E-state index contributed by atoms with van der Waals surface area (Å²) in [6.45, 7) is 9.20. The summed E-state index contributed by atoms with van der Waals surface area (Å²) in [4.78, 5) is 76.2. The molecule has 0 spiro atoms. The number of aliphatic carboxylic acids is 1. The summed E-state index contributed by atoms with van der Waals surface area (Å²) < 4.78 is 4.39. The highest BCUT2D eigenvalue weighted by Gasteiger charge is 2.64. The third kappa shape index (κ3) is 9.57. The van der Waals surface area contributed by atoms with Gasteiger partial charge in [0.25, 0.3) is 0 Å². The van der Waals surface area contributed by atoms with Crippen molar-refractivity contribution in [1.29, 1.82) is 0 Å². The smallest absolute Gasteiger partial charge is 0.407 e. The lowest BCUT2D eigenvalue weighted by molar-refractivity contribution is -0.166. The van der Waals surface area contributed by atoms with Crippen LogP contribution < -0.4 is 16.0 Å². The van der Waals surface area contributed by atoms with E-state index in [9.17, 15) is 39.1 Å². The number of thioether (sulfide) groups is 1. The summed E-state index contributed by atoms with van der Waals surface area (Å²) in [6, 6.07) is 5.23. The van der Waals surface area contributed by atoms with Gasteiger partial charge in [-0.05, 0) is 59.4 Å². The maximum absolute atomic E-state index is 13.4. The predicted octanol–water partition coefficient (Wildman–Crippen LogP) is 2.17. The fraction of sp³-hybridized carbons (Fsp3) is 0.600. The highest BCUT2D eigenvalue weighted by molar-refractivity contribution is 8.01. The third-order valence-electron chi connectivity index (χ3n) is 7.24. The van der Waals surface area contributed by atoms with Crippen molar-refractivity contribution in [3.05, 3.63) is 35.9 Å². The van der Waals surface area contributed by atoms with Gasteiger partial charge in [-0.15, -0.1) is 11.8 Å². The summed E-state index contributed by atoms with van der Waals surface area (Å²) >= 11 is 1.29. The van der Waals surface area contributed by atoms with Gasteiger partial charge >= 0.3 is 12.1 Å². The SMILES string of the molecule is CC(C)(C)OC(=O)NCCCCCN(O)C(=O)CCC(=O)N[C@@H](C(=O)N[C@@H]1C(=O)N2C1SC(C)(C)[C@@H]2C(=O)O)c1ccccc1. The highest BCUT2D eigenvalue weighted by Crippen LogP contribution is 2.50. The van der Waals surface area contributed by atoms with Crippen molar-refractivity contribution in [2.75, 3.05) is 13.1 Å². The zero-order chi connectivity index (χ0) is 33.5. The first kappa shape index (κ1) is 35.6. The maximum Gasteiger partial charge on any atom is 0.407 e. The number of unbranched alkanes of at least 4 members (excludes halogenated alkanes) is 2. The summed E-state index contributed by atoms with van der Waals surface area (Å²) in [7, 11) is 0. The standard InChI is InChI=1S/C30H43N5O9S/c1-29(2,3)44-28(42)31-16-10-7-11-17-34(43)20(37)15-14-19(36)32-21(18-12-8-6-9-13-18)24(38)33-22-25(39)35-23(27(40)41)30(4,5)45-26(22)35/h6,8-9,12-13,21-23,26,43H,7,10-11,14-17H2,1-5H3,(H,31,42)(H,32,36)(H,33,38)(H,40,41)/t21-,22-,23+,26?/m1/s1. The summed E-state index contributed by atoms with van der Waals surface area (Å²) in [5, 5.41) is 27.6. The lowest BCUT2D eigenvalue weighted by atomic mass is 9.95. The quantitative estimate of drug-likeness (QED) is 0.0863. The molecule has 1 aromatic rings. The number of hydrogen-bond acceptors (Lipinski definition) is 9. The number of hydrogen-bond donors (Lipinski definition) is 5. The molecule has 2 saturated heterocycles. The van der Waals surface area contributed by atoms with Crippen LogP contribution in [-0.4, -0.2) is 96.9 Å². The molecule has 2 heterocycles. The van der Waals surface area contributed by atoms with Crippen molar-refractivity contribution >= 4 is 47.5 Å². The molecule has 248 valence electrons. The Hall–Kier alpha value is -3.85. The monoisotopic (exact) mass is 649 g/mol. The molecule has 1 aromatic carbocycles. The third-order valence-corrected chi connectivity index (χ3v) is 8.81. The van der Waals surface area contributed by atoms with Crippen LogP contribution in [0.25, 0.3) is 0 Å². The molecule has 2 aliphatic rings. The summed E-state index contributed by atoms with van der Waals surface area (Å²) in [5.74, 6) is -3.55. The van der Waals surface area contributed by atoms with E-state index in [1.807, 2.05) is 0 Å². The van der Waals surface area contributed by atoms with Gasteiger partial charge in [0.2, 0.25) is 23.6 Å². The van der Waals surface area contributed by atoms with Gasteiger partial charge < -0.3 is 30.7 Å². The molecular weight excluding hydrogens is 606 g/mol. The minimum Gasteiger partial charge on any atom is -0.480 e. The van der Waals surface area contributed by atoms with Crippen LogP contribution in [0, 0.1) is 0 Å². The van der Waals surface area contributed by atoms with E-state index in [1.54, 1.807) is 65.0 Å². The lowest BCUT2D eigenvalue weighted by Gasteiger charge is -2.44. The number of carbonyl (C=O) groups is 6. The second-order valence-electron chi connectivity index (χ2n) is 12.5. The molecule has 0 aliphatic carbocycles. The molecule has 3 rings (SSSR count). The first-order valence-electron chi connectivity index (χ1n) is 14.9. The van der Waals surface area contributed by atoms with Crippen LogP contribution in [0.15, 0.2) is 30.3 Å². The maximum atomic E-state index is 13.4. The number of carboxylic acids is 1. The Morgan fingerprint density at radius 3 is 2.36 bits per heavy atom. The van der Waals surface area contributed by atoms with Gasteiger partial charge in [-0.25, -0.2) is 14.7 Å². The van der Waals surface area contributed by atoms with Gasteiger partial charge in [0.1, 0.15) is 29.1 Å². The number of carboxylic acid groups (broad SMARTS) is 1. The zero-order valence-electron chi connectivity index (χ0n) is 26.2. The van der Waals surface area contributed by atoms with Crippen LogP contribution in [0.2, 0.25) is 0 Å². The number of rotatable bonds is 14. The molecular formula is C30H43N5O9S. The molecule has 45 heavy (non-hydrogen) atoms. The minimum atomic E-state index is -1.18. The Morgan fingerprint density at radius 1 is 1.07 bits per heavy atom. The Labute approximate surface area is 266 Å². The second-order valence-corrected chi connectivity index (χ2v) is 14.3. The van der Waals surface area contributed by atoms with Gasteiger partial charge in [-0.3, -0.25) is 24.4 Å². The average molecular weight is 650 g/mol. The van der Waals surface area contributed by atoms with Gasteiger partial charge in [-0.2, -0.15) is 0 Å². The van der Waals surface area contributed by atoms with E-state index in [0.717, 1.165) is 0 Å². The number of amides is 5. The Morgan fingerprint density at radius 2 is 1.73 bits per heavy atom. The second kappa shape index (κ2) is 15.0. The van der Waals surface area contributed by atoms with Gasteiger partial charge in [-0.1, -0.05) is 30.3 Å². The summed E-state index contributed by atoms with van der Waals surface area (Å²) in [5.41, 5.74) is -0.139. The number of alkyl carbamates (subject to hydrolysis) is 1. The van der Waals surface area contributed by atoms with Crippen molar-refractivity contribution < 1.29 is 43.8 Å². The number of nitrogens with zero attached hydrogens (tertiary/aromatic N) is 2. The number of benzene rings is 1. The first-order valence-corrected chi connectivity index (χ1v) is 15.7. The molecule has 0 radical (unpaired) electrons. The van der Waals surface area contributed by atoms with Crippen molar-refractivity contribution in [2.45, 2.75) is 101 Å². The number of nitrogens with one attached hydrogen (secondary N) is 3. The Bertz CT molecular complexity index is 1270. The zero-order valence-corrected chi connectivity index (χ0v) is 27.0. The molecule has 0 aromatic heterocycles. The van der Waals surface area contributed by atoms with Gasteiger partial charge in [0.15, 0.2) is 0 Å². The molecule has 4 atom stereocenters. The topological polar surface area (TPSA) is 195 Å². The van der Waals surface area contributed by atoms with Crippen LogP contribution in [-0.2, 0) is 28.7 Å². The van der Waals surface area contributed by atoms with Gasteiger partial charge in [0.05, 0.1) is 0 Å². The van der Waals surface area contributed by atoms with Crippen molar-refractivity contribution in [2.24, 2.45) is 0 Å². The van der Waals surface area contributed by atoms with Crippen molar-refractivity contribution in [1.82, 2.24) is 25.9 Å². The molecule has 2 aliphatic heterocycles. The minimum absolute atomic E-state index is 0.0487. The van der Waals surface area contributed by atoms with E-state index < -0.39 is 69.5 Å². The summed E-state index contributed by atoms with van der Waals surface area (Å²) in [6.07, 6.45) is 0.613. The molecule has 0 saturated carbocycles. The number of fused-ring (bicyclic) bond motifs is 1. The number of carbonyl (C=O) groups excluding carboxylic acids is 5. The van der Waals surface area contributed by atoms with Crippen LogP contribution >= 0.6 is 11.8 Å². The fourth-order valence-electron chi connectivity index (χ4n) is 5.10. The number of ether oxygens (including phenoxy) is 1. The van der Waals surface area contributed by atoms with E-state index in [-0.39, 0.29) is 19.4 Å². The molecule has 5 amide bonds. The normalized spacial score (nSPS) is 20.7. The van der Waals surface area contributed by atoms with Crippen molar-refractivity contribution in [3.8, 4) is 0 Å². The fourth-order valence-corrected chi connectivity index (χ4v) is 6.73. The molecule has 14 nitrogen and oxygen atoms in total. The largest absolute Gasteiger partial charge is 0.480 e. The van der Waals surface area contributed by atoms with E-state index in [2.05, 4.69) is 16.0 Å². The van der Waals surface area contributed by atoms with E-state index >= 15 is 0 Å². The molecule has 0 bridgehead atoms. The predicted molar refractivity (Wildman–Crippen MR) is 164 cm³/mol.